The first-order chi connectivity index (χ1) is 8.47. The van der Waals surface area contributed by atoms with Gasteiger partial charge in [0.05, 0.1) is 16.1 Å². The number of anilines is 1. The van der Waals surface area contributed by atoms with Crippen molar-refractivity contribution in [3.05, 3.63) is 33.2 Å². The Morgan fingerprint density at radius 3 is 2.61 bits per heavy atom. The number of hydrogen-bond donors (Lipinski definition) is 1. The summed E-state index contributed by atoms with van der Waals surface area (Å²) in [6.45, 7) is 8.44. The topological polar surface area (TPSA) is 29.9 Å². The fraction of sp³-hybridized carbons (Fsp3) is 0.462. The molecule has 98 valence electrons. The molecule has 0 aromatic carbocycles. The minimum atomic E-state index is 0.210. The maximum absolute atomic E-state index is 5.96. The summed E-state index contributed by atoms with van der Waals surface area (Å²) in [5.41, 5.74) is 1.03. The molecule has 0 aliphatic heterocycles. The van der Waals surface area contributed by atoms with Gasteiger partial charge >= 0.3 is 0 Å². The molecule has 2 aromatic rings. The highest BCUT2D eigenvalue weighted by Crippen LogP contribution is 2.29. The van der Waals surface area contributed by atoms with Crippen LogP contribution in [0.2, 0.25) is 4.34 Å². The molecule has 0 amide bonds. The van der Waals surface area contributed by atoms with Crippen molar-refractivity contribution < 1.29 is 0 Å². The van der Waals surface area contributed by atoms with Gasteiger partial charge in [-0.15, -0.1) is 11.3 Å². The van der Waals surface area contributed by atoms with E-state index in [1.54, 1.807) is 11.3 Å². The van der Waals surface area contributed by atoms with Crippen molar-refractivity contribution >= 4 is 28.9 Å². The molecule has 0 aliphatic carbocycles. The molecular formula is C13H18ClN3S. The molecule has 0 saturated heterocycles. The molecule has 0 aliphatic rings. The maximum atomic E-state index is 5.96. The van der Waals surface area contributed by atoms with Crippen molar-refractivity contribution in [1.29, 1.82) is 0 Å². The normalized spacial score (nSPS) is 13.0. The van der Waals surface area contributed by atoms with E-state index in [2.05, 4.69) is 47.9 Å². The van der Waals surface area contributed by atoms with Crippen LogP contribution >= 0.6 is 22.9 Å². The van der Waals surface area contributed by atoms with Crippen molar-refractivity contribution in [1.82, 2.24) is 9.55 Å². The molecule has 1 atom stereocenters. The molecule has 2 aromatic heterocycles. The van der Waals surface area contributed by atoms with E-state index in [4.69, 9.17) is 11.6 Å². The summed E-state index contributed by atoms with van der Waals surface area (Å²) in [5.74, 6) is 0.916. The van der Waals surface area contributed by atoms with E-state index in [1.807, 2.05) is 13.0 Å². The van der Waals surface area contributed by atoms with Crippen LogP contribution in [0.3, 0.4) is 0 Å². The van der Waals surface area contributed by atoms with Crippen molar-refractivity contribution in [3.8, 4) is 0 Å². The van der Waals surface area contributed by atoms with Gasteiger partial charge in [-0.05, 0) is 39.8 Å². The number of halogens is 1. The second-order valence-electron chi connectivity index (χ2n) is 4.71. The van der Waals surface area contributed by atoms with Gasteiger partial charge in [-0.3, -0.25) is 0 Å². The van der Waals surface area contributed by atoms with Crippen LogP contribution in [-0.2, 0) is 0 Å². The SMILES string of the molecule is Cc1cn(C(C)C)c(NC(C)c2ccc(Cl)s2)n1. The predicted octanol–water partition coefficient (Wildman–Crippen LogP) is 4.66. The van der Waals surface area contributed by atoms with Crippen LogP contribution in [0.4, 0.5) is 5.95 Å². The smallest absolute Gasteiger partial charge is 0.203 e. The third-order valence-corrected chi connectivity index (χ3v) is 4.19. The summed E-state index contributed by atoms with van der Waals surface area (Å²) in [5, 5.41) is 3.45. The Kier molecular flexibility index (Phi) is 3.97. The Labute approximate surface area is 117 Å². The Morgan fingerprint density at radius 2 is 2.06 bits per heavy atom. The average molecular weight is 284 g/mol. The van der Waals surface area contributed by atoms with Gasteiger partial charge in [0.2, 0.25) is 5.95 Å². The van der Waals surface area contributed by atoms with Crippen LogP contribution in [-0.4, -0.2) is 9.55 Å². The van der Waals surface area contributed by atoms with Crippen LogP contribution in [0, 0.1) is 6.92 Å². The second kappa shape index (κ2) is 5.33. The number of aryl methyl sites for hydroxylation is 1. The molecule has 0 fully saturated rings. The van der Waals surface area contributed by atoms with E-state index in [0.717, 1.165) is 16.0 Å². The highest BCUT2D eigenvalue weighted by molar-refractivity contribution is 7.16. The predicted molar refractivity (Wildman–Crippen MR) is 78.7 cm³/mol. The third-order valence-electron chi connectivity index (χ3n) is 2.78. The lowest BCUT2D eigenvalue weighted by molar-refractivity contribution is 0.600. The number of rotatable bonds is 4. The fourth-order valence-electron chi connectivity index (χ4n) is 1.84. The van der Waals surface area contributed by atoms with E-state index in [9.17, 15) is 0 Å². The quantitative estimate of drug-likeness (QED) is 0.884. The van der Waals surface area contributed by atoms with Gasteiger partial charge < -0.3 is 9.88 Å². The lowest BCUT2D eigenvalue weighted by Gasteiger charge is -2.16. The van der Waals surface area contributed by atoms with E-state index in [-0.39, 0.29) is 6.04 Å². The largest absolute Gasteiger partial charge is 0.348 e. The summed E-state index contributed by atoms with van der Waals surface area (Å²) in [6, 6.07) is 4.59. The first-order valence-corrected chi connectivity index (χ1v) is 7.24. The first kappa shape index (κ1) is 13.4. The van der Waals surface area contributed by atoms with Crippen LogP contribution in [0.15, 0.2) is 18.3 Å². The van der Waals surface area contributed by atoms with E-state index >= 15 is 0 Å². The number of thiophene rings is 1. The van der Waals surface area contributed by atoms with Gasteiger partial charge in [-0.1, -0.05) is 11.6 Å². The van der Waals surface area contributed by atoms with Gasteiger partial charge in [-0.25, -0.2) is 4.98 Å². The third kappa shape index (κ3) is 2.87. The Balaban J connectivity index is 2.18. The monoisotopic (exact) mass is 283 g/mol. The summed E-state index contributed by atoms with van der Waals surface area (Å²) in [4.78, 5) is 5.75. The van der Waals surface area contributed by atoms with Crippen LogP contribution < -0.4 is 5.32 Å². The Hall–Kier alpha value is -1.00. The zero-order valence-electron chi connectivity index (χ0n) is 11.1. The van der Waals surface area contributed by atoms with Gasteiger partial charge in [0.15, 0.2) is 0 Å². The molecule has 2 heterocycles. The summed E-state index contributed by atoms with van der Waals surface area (Å²) < 4.78 is 2.98. The van der Waals surface area contributed by atoms with E-state index in [1.165, 1.54) is 4.88 Å². The molecule has 0 saturated carbocycles. The van der Waals surface area contributed by atoms with Crippen LogP contribution in [0.5, 0.6) is 0 Å². The highest BCUT2D eigenvalue weighted by atomic mass is 35.5. The van der Waals surface area contributed by atoms with Gasteiger partial charge in [0.1, 0.15) is 0 Å². The number of aromatic nitrogens is 2. The number of imidazole rings is 1. The Bertz CT molecular complexity index is 530. The zero-order chi connectivity index (χ0) is 13.3. The van der Waals surface area contributed by atoms with E-state index < -0.39 is 0 Å². The summed E-state index contributed by atoms with van der Waals surface area (Å²) in [7, 11) is 0. The first-order valence-electron chi connectivity index (χ1n) is 6.04. The van der Waals surface area contributed by atoms with Crippen molar-refractivity contribution in [2.45, 2.75) is 39.8 Å². The molecule has 1 N–H and O–H groups in total. The number of nitrogens with one attached hydrogen (secondary N) is 1. The minimum absolute atomic E-state index is 0.210. The van der Waals surface area contributed by atoms with Crippen LogP contribution in [0.1, 0.15) is 43.4 Å². The van der Waals surface area contributed by atoms with Crippen LogP contribution in [0.25, 0.3) is 0 Å². The van der Waals surface area contributed by atoms with Gasteiger partial charge in [0.25, 0.3) is 0 Å². The standard InChI is InChI=1S/C13H18ClN3S/c1-8(2)17-7-9(3)15-13(17)16-10(4)11-5-6-12(14)18-11/h5-8,10H,1-4H3,(H,15,16). The average Bonchev–Trinajstić information content (AvgIpc) is 2.85. The second-order valence-corrected chi connectivity index (χ2v) is 6.46. The molecule has 0 spiro atoms. The fourth-order valence-corrected chi connectivity index (χ4v) is 2.91. The molecule has 0 bridgehead atoms. The Morgan fingerprint density at radius 1 is 1.33 bits per heavy atom. The van der Waals surface area contributed by atoms with Crippen molar-refractivity contribution in [2.75, 3.05) is 5.32 Å². The molecule has 3 nitrogen and oxygen atoms in total. The number of nitrogens with zero attached hydrogens (tertiary/aromatic N) is 2. The molecular weight excluding hydrogens is 266 g/mol. The molecule has 2 rings (SSSR count). The van der Waals surface area contributed by atoms with Gasteiger partial charge in [-0.2, -0.15) is 0 Å². The molecule has 18 heavy (non-hydrogen) atoms. The lowest BCUT2D eigenvalue weighted by atomic mass is 10.3. The highest BCUT2D eigenvalue weighted by Gasteiger charge is 2.13. The van der Waals surface area contributed by atoms with Crippen molar-refractivity contribution in [3.63, 3.8) is 0 Å². The molecule has 0 radical (unpaired) electrons. The summed E-state index contributed by atoms with van der Waals surface area (Å²) in [6.07, 6.45) is 2.07. The summed E-state index contributed by atoms with van der Waals surface area (Å²) >= 11 is 7.57. The zero-order valence-corrected chi connectivity index (χ0v) is 12.6. The van der Waals surface area contributed by atoms with Crippen molar-refractivity contribution in [2.24, 2.45) is 0 Å². The number of hydrogen-bond acceptors (Lipinski definition) is 3. The lowest BCUT2D eigenvalue weighted by Crippen LogP contribution is -2.11. The molecule has 5 heteroatoms. The van der Waals surface area contributed by atoms with E-state index in [0.29, 0.717) is 6.04 Å². The molecule has 1 unspecified atom stereocenters. The minimum Gasteiger partial charge on any atom is -0.348 e. The van der Waals surface area contributed by atoms with Gasteiger partial charge in [0, 0.05) is 17.1 Å². The maximum Gasteiger partial charge on any atom is 0.203 e.